The van der Waals surface area contributed by atoms with Gasteiger partial charge in [0.1, 0.15) is 0 Å². The van der Waals surface area contributed by atoms with Crippen LogP contribution < -0.4 is 11.1 Å². The molecule has 16 heavy (non-hydrogen) atoms. The van der Waals surface area contributed by atoms with Gasteiger partial charge in [-0.1, -0.05) is 6.08 Å². The maximum absolute atomic E-state index is 11.3. The summed E-state index contributed by atoms with van der Waals surface area (Å²) in [6.45, 7) is 5.30. The molecule has 0 aromatic rings. The lowest BCUT2D eigenvalue weighted by molar-refractivity contribution is -0.146. The second-order valence-electron chi connectivity index (χ2n) is 3.20. The van der Waals surface area contributed by atoms with Crippen molar-refractivity contribution in [3.05, 3.63) is 12.7 Å². The number of carbonyl (C=O) groups is 2. The van der Waals surface area contributed by atoms with Gasteiger partial charge in [-0.3, -0.25) is 4.79 Å². The van der Waals surface area contributed by atoms with Crippen LogP contribution in [-0.4, -0.2) is 44.3 Å². The van der Waals surface area contributed by atoms with E-state index < -0.39 is 24.0 Å². The summed E-state index contributed by atoms with van der Waals surface area (Å²) < 4.78 is 9.60. The molecule has 0 aliphatic heterocycles. The first kappa shape index (κ1) is 14.6. The fourth-order valence-electron chi connectivity index (χ4n) is 0.883. The molecule has 0 aliphatic rings. The zero-order valence-electron chi connectivity index (χ0n) is 9.56. The Labute approximate surface area is 94.8 Å². The summed E-state index contributed by atoms with van der Waals surface area (Å²) in [5, 5.41) is 2.43. The fourth-order valence-corrected chi connectivity index (χ4v) is 0.883. The highest BCUT2D eigenvalue weighted by Crippen LogP contribution is 1.92. The van der Waals surface area contributed by atoms with Crippen LogP contribution in [0.3, 0.4) is 0 Å². The molecule has 92 valence electrons. The van der Waals surface area contributed by atoms with Gasteiger partial charge in [0.25, 0.3) is 0 Å². The summed E-state index contributed by atoms with van der Waals surface area (Å²) in [5.41, 5.74) is 5.36. The smallest absolute Gasteiger partial charge is 0.330 e. The van der Waals surface area contributed by atoms with E-state index >= 15 is 0 Å². The normalized spacial score (nSPS) is 13.7. The molecule has 0 rings (SSSR count). The second-order valence-corrected chi connectivity index (χ2v) is 3.20. The van der Waals surface area contributed by atoms with Crippen molar-refractivity contribution in [2.45, 2.75) is 19.0 Å². The Kier molecular flexibility index (Phi) is 7.15. The van der Waals surface area contributed by atoms with E-state index in [1.807, 2.05) is 0 Å². The van der Waals surface area contributed by atoms with Gasteiger partial charge in [-0.15, -0.1) is 6.58 Å². The average Bonchev–Trinajstić information content (AvgIpc) is 2.26. The van der Waals surface area contributed by atoms with E-state index in [0.29, 0.717) is 6.61 Å². The van der Waals surface area contributed by atoms with Crippen LogP contribution in [0.4, 0.5) is 0 Å². The minimum atomic E-state index is -0.844. The Morgan fingerprint density at radius 1 is 1.56 bits per heavy atom. The van der Waals surface area contributed by atoms with Gasteiger partial charge in [-0.25, -0.2) is 4.79 Å². The molecule has 6 heteroatoms. The molecule has 0 spiro atoms. The number of esters is 1. The minimum absolute atomic E-state index is 0.0250. The standard InChI is InChI=1S/C10H18N2O4/c1-4-5-16-6-8(10(14)15-3)12-9(13)7(2)11/h4,7-8H,1,5-6,11H2,2-3H3,(H,12,13)/t7-,8-/m0/s1. The molecule has 1 amide bonds. The van der Waals surface area contributed by atoms with Crippen molar-refractivity contribution < 1.29 is 19.1 Å². The number of methoxy groups -OCH3 is 1. The van der Waals surface area contributed by atoms with Crippen LogP contribution in [0.1, 0.15) is 6.92 Å². The van der Waals surface area contributed by atoms with E-state index in [-0.39, 0.29) is 6.61 Å². The van der Waals surface area contributed by atoms with Gasteiger partial charge in [0.15, 0.2) is 6.04 Å². The molecule has 0 fully saturated rings. The van der Waals surface area contributed by atoms with Crippen molar-refractivity contribution in [3.63, 3.8) is 0 Å². The number of carbonyl (C=O) groups excluding carboxylic acids is 2. The third kappa shape index (κ3) is 5.47. The van der Waals surface area contributed by atoms with Gasteiger partial charge < -0.3 is 20.5 Å². The zero-order valence-corrected chi connectivity index (χ0v) is 9.56. The Morgan fingerprint density at radius 3 is 2.62 bits per heavy atom. The molecular weight excluding hydrogens is 212 g/mol. The topological polar surface area (TPSA) is 90.6 Å². The number of hydrogen-bond donors (Lipinski definition) is 2. The molecule has 0 aromatic carbocycles. The van der Waals surface area contributed by atoms with Crippen LogP contribution in [0.5, 0.6) is 0 Å². The van der Waals surface area contributed by atoms with Crippen molar-refractivity contribution in [1.82, 2.24) is 5.32 Å². The maximum atomic E-state index is 11.3. The zero-order chi connectivity index (χ0) is 12.6. The molecule has 0 heterocycles. The lowest BCUT2D eigenvalue weighted by Gasteiger charge is -2.17. The number of amides is 1. The predicted octanol–water partition coefficient (Wildman–Crippen LogP) is -0.806. The maximum Gasteiger partial charge on any atom is 0.330 e. The summed E-state index contributed by atoms with van der Waals surface area (Å²) in [6.07, 6.45) is 1.54. The summed E-state index contributed by atoms with van der Waals surface area (Å²) >= 11 is 0. The van der Waals surface area contributed by atoms with E-state index in [9.17, 15) is 9.59 Å². The lowest BCUT2D eigenvalue weighted by Crippen LogP contribution is -2.49. The number of ether oxygens (including phenoxy) is 2. The molecule has 0 aromatic heterocycles. The van der Waals surface area contributed by atoms with Crippen LogP contribution in [0.25, 0.3) is 0 Å². The third-order valence-corrected chi connectivity index (χ3v) is 1.74. The van der Waals surface area contributed by atoms with E-state index in [0.717, 1.165) is 0 Å². The quantitative estimate of drug-likeness (QED) is 0.339. The van der Waals surface area contributed by atoms with Gasteiger partial charge in [0, 0.05) is 0 Å². The first-order valence-corrected chi connectivity index (χ1v) is 4.85. The van der Waals surface area contributed by atoms with Crippen LogP contribution in [0.2, 0.25) is 0 Å². The molecule has 0 radical (unpaired) electrons. The Balaban J connectivity index is 4.25. The van der Waals surface area contributed by atoms with Crippen molar-refractivity contribution in [2.24, 2.45) is 5.73 Å². The number of nitrogens with two attached hydrogens (primary N) is 1. The molecule has 3 N–H and O–H groups in total. The SMILES string of the molecule is C=CCOC[C@H](NC(=O)[C@H](C)N)C(=O)OC. The van der Waals surface area contributed by atoms with Gasteiger partial charge in [-0.05, 0) is 6.92 Å². The predicted molar refractivity (Wildman–Crippen MR) is 58.6 cm³/mol. The average molecular weight is 230 g/mol. The Morgan fingerprint density at radius 2 is 2.19 bits per heavy atom. The first-order valence-electron chi connectivity index (χ1n) is 4.85. The molecule has 0 saturated carbocycles. The Hall–Kier alpha value is -1.40. The molecule has 0 unspecified atom stereocenters. The van der Waals surface area contributed by atoms with Crippen molar-refractivity contribution in [2.75, 3.05) is 20.3 Å². The largest absolute Gasteiger partial charge is 0.467 e. The summed E-state index contributed by atoms with van der Waals surface area (Å²) in [7, 11) is 1.24. The summed E-state index contributed by atoms with van der Waals surface area (Å²) in [6, 6.07) is -1.53. The highest BCUT2D eigenvalue weighted by atomic mass is 16.5. The van der Waals surface area contributed by atoms with E-state index in [1.165, 1.54) is 14.0 Å². The third-order valence-electron chi connectivity index (χ3n) is 1.74. The number of hydrogen-bond acceptors (Lipinski definition) is 5. The van der Waals surface area contributed by atoms with Crippen LogP contribution in [0.15, 0.2) is 12.7 Å². The molecule has 2 atom stereocenters. The van der Waals surface area contributed by atoms with Crippen LogP contribution in [0, 0.1) is 0 Å². The van der Waals surface area contributed by atoms with E-state index in [4.69, 9.17) is 10.5 Å². The Bertz CT molecular complexity index is 253. The first-order chi connectivity index (χ1) is 7.52. The molecular formula is C10H18N2O4. The van der Waals surface area contributed by atoms with Crippen molar-refractivity contribution in [3.8, 4) is 0 Å². The van der Waals surface area contributed by atoms with Crippen LogP contribution >= 0.6 is 0 Å². The fraction of sp³-hybridized carbons (Fsp3) is 0.600. The highest BCUT2D eigenvalue weighted by Gasteiger charge is 2.22. The van der Waals surface area contributed by atoms with Gasteiger partial charge in [0.2, 0.25) is 5.91 Å². The highest BCUT2D eigenvalue weighted by molar-refractivity contribution is 5.87. The van der Waals surface area contributed by atoms with E-state index in [1.54, 1.807) is 6.08 Å². The summed E-state index contributed by atoms with van der Waals surface area (Å²) in [5.74, 6) is -1.00. The molecule has 0 saturated heterocycles. The van der Waals surface area contributed by atoms with Gasteiger partial charge >= 0.3 is 5.97 Å². The monoisotopic (exact) mass is 230 g/mol. The minimum Gasteiger partial charge on any atom is -0.467 e. The number of nitrogens with one attached hydrogen (secondary N) is 1. The molecule has 6 nitrogen and oxygen atoms in total. The number of rotatable bonds is 7. The lowest BCUT2D eigenvalue weighted by atomic mass is 10.2. The summed E-state index contributed by atoms with van der Waals surface area (Å²) in [4.78, 5) is 22.6. The molecule has 0 bridgehead atoms. The van der Waals surface area contributed by atoms with Crippen molar-refractivity contribution in [1.29, 1.82) is 0 Å². The van der Waals surface area contributed by atoms with Crippen LogP contribution in [-0.2, 0) is 19.1 Å². The van der Waals surface area contributed by atoms with Crippen molar-refractivity contribution >= 4 is 11.9 Å². The molecule has 0 aliphatic carbocycles. The second kappa shape index (κ2) is 7.84. The van der Waals surface area contributed by atoms with Gasteiger partial charge in [-0.2, -0.15) is 0 Å². The van der Waals surface area contributed by atoms with Gasteiger partial charge in [0.05, 0.1) is 26.4 Å². The van der Waals surface area contributed by atoms with E-state index in [2.05, 4.69) is 16.6 Å².